The number of hydrogen-bond donors (Lipinski definition) is 1. The van der Waals surface area contributed by atoms with Gasteiger partial charge < -0.3 is 19.7 Å². The predicted octanol–water partition coefficient (Wildman–Crippen LogP) is 2.76. The highest BCUT2D eigenvalue weighted by molar-refractivity contribution is 7.89. The molecule has 180 valence electrons. The predicted molar refractivity (Wildman–Crippen MR) is 127 cm³/mol. The number of aromatic nitrogens is 2. The van der Waals surface area contributed by atoms with Crippen LogP contribution in [0.1, 0.15) is 32.6 Å². The van der Waals surface area contributed by atoms with Crippen LogP contribution < -0.4 is 15.0 Å². The van der Waals surface area contributed by atoms with Crippen molar-refractivity contribution in [2.45, 2.75) is 43.6 Å². The molecule has 0 spiro atoms. The van der Waals surface area contributed by atoms with Crippen molar-refractivity contribution < 1.29 is 17.9 Å². The molecule has 1 aromatic heterocycles. The molecule has 0 aliphatic carbocycles. The number of nitrogens with one attached hydrogen (secondary N) is 1. The van der Waals surface area contributed by atoms with Gasteiger partial charge in [-0.15, -0.1) is 10.2 Å². The molecule has 4 rings (SSSR count). The Morgan fingerprint density at radius 2 is 1.88 bits per heavy atom. The zero-order chi connectivity index (χ0) is 23.1. The summed E-state index contributed by atoms with van der Waals surface area (Å²) < 4.78 is 38.9. The van der Waals surface area contributed by atoms with Crippen molar-refractivity contribution in [3.05, 3.63) is 36.4 Å². The SMILES string of the molecule is CCCCOc1ccc(S(=O)(=O)N2CCN(c3ccc(NCC4CCCO4)nn3)CC2)cc1. The summed E-state index contributed by atoms with van der Waals surface area (Å²) in [7, 11) is -3.54. The number of rotatable bonds is 10. The van der Waals surface area contributed by atoms with E-state index < -0.39 is 10.0 Å². The average Bonchev–Trinajstić information content (AvgIpc) is 3.38. The minimum Gasteiger partial charge on any atom is -0.494 e. The fraction of sp³-hybridized carbons (Fsp3) is 0.565. The summed E-state index contributed by atoms with van der Waals surface area (Å²) >= 11 is 0. The van der Waals surface area contributed by atoms with Crippen molar-refractivity contribution in [2.24, 2.45) is 0 Å². The summed E-state index contributed by atoms with van der Waals surface area (Å²) in [4.78, 5) is 2.35. The van der Waals surface area contributed by atoms with Gasteiger partial charge in [0.05, 0.1) is 17.6 Å². The lowest BCUT2D eigenvalue weighted by Crippen LogP contribution is -2.49. The Kier molecular flexibility index (Phi) is 8.00. The topological polar surface area (TPSA) is 96.9 Å². The fourth-order valence-corrected chi connectivity index (χ4v) is 5.38. The summed E-state index contributed by atoms with van der Waals surface area (Å²) in [6.07, 6.45) is 4.45. The Bertz CT molecular complexity index is 971. The van der Waals surface area contributed by atoms with Gasteiger partial charge in [0.1, 0.15) is 11.6 Å². The Balaban J connectivity index is 1.28. The molecule has 0 bridgehead atoms. The molecule has 1 atom stereocenters. The van der Waals surface area contributed by atoms with Crippen LogP contribution in [0.15, 0.2) is 41.3 Å². The zero-order valence-electron chi connectivity index (χ0n) is 19.1. The van der Waals surface area contributed by atoms with Gasteiger partial charge in [0.2, 0.25) is 10.0 Å². The number of piperazine rings is 1. The van der Waals surface area contributed by atoms with Gasteiger partial charge in [-0.1, -0.05) is 13.3 Å². The summed E-state index contributed by atoms with van der Waals surface area (Å²) in [6, 6.07) is 10.5. The van der Waals surface area contributed by atoms with Crippen molar-refractivity contribution in [3.8, 4) is 5.75 Å². The molecule has 0 radical (unpaired) electrons. The minimum atomic E-state index is -3.54. The molecular formula is C23H33N5O4S. The van der Waals surface area contributed by atoms with Gasteiger partial charge in [0, 0.05) is 39.3 Å². The lowest BCUT2D eigenvalue weighted by molar-refractivity contribution is 0.120. The van der Waals surface area contributed by atoms with Gasteiger partial charge in [-0.05, 0) is 55.7 Å². The largest absolute Gasteiger partial charge is 0.494 e. The van der Waals surface area contributed by atoms with Crippen LogP contribution in [0.3, 0.4) is 0 Å². The summed E-state index contributed by atoms with van der Waals surface area (Å²) in [5.41, 5.74) is 0. The van der Waals surface area contributed by atoms with Gasteiger partial charge in [-0.3, -0.25) is 0 Å². The van der Waals surface area contributed by atoms with Gasteiger partial charge in [0.15, 0.2) is 5.82 Å². The third kappa shape index (κ3) is 6.13. The van der Waals surface area contributed by atoms with E-state index in [-0.39, 0.29) is 6.10 Å². The van der Waals surface area contributed by atoms with Crippen LogP contribution >= 0.6 is 0 Å². The maximum Gasteiger partial charge on any atom is 0.243 e. The molecule has 0 saturated carbocycles. The van der Waals surface area contributed by atoms with Gasteiger partial charge in [-0.25, -0.2) is 8.42 Å². The van der Waals surface area contributed by atoms with Crippen LogP contribution in [0.5, 0.6) is 5.75 Å². The van der Waals surface area contributed by atoms with Crippen LogP contribution in [0.25, 0.3) is 0 Å². The highest BCUT2D eigenvalue weighted by Gasteiger charge is 2.29. The summed E-state index contributed by atoms with van der Waals surface area (Å²) in [6.45, 7) is 6.23. The first-order chi connectivity index (χ1) is 16.1. The maximum absolute atomic E-state index is 13.0. The van der Waals surface area contributed by atoms with Gasteiger partial charge >= 0.3 is 0 Å². The molecule has 2 saturated heterocycles. The van der Waals surface area contributed by atoms with E-state index in [2.05, 4.69) is 27.3 Å². The van der Waals surface area contributed by atoms with E-state index in [9.17, 15) is 8.42 Å². The third-order valence-corrected chi connectivity index (χ3v) is 7.89. The Morgan fingerprint density at radius 3 is 2.52 bits per heavy atom. The summed E-state index contributed by atoms with van der Waals surface area (Å²) in [5.74, 6) is 2.17. The number of unbranched alkanes of at least 4 members (excludes halogenated alkanes) is 1. The van der Waals surface area contributed by atoms with Crippen LogP contribution in [0.4, 0.5) is 11.6 Å². The lowest BCUT2D eigenvalue weighted by Gasteiger charge is -2.34. The van der Waals surface area contributed by atoms with Gasteiger partial charge in [-0.2, -0.15) is 4.31 Å². The van der Waals surface area contributed by atoms with Crippen molar-refractivity contribution in [1.82, 2.24) is 14.5 Å². The highest BCUT2D eigenvalue weighted by Crippen LogP contribution is 2.23. The second kappa shape index (κ2) is 11.1. The van der Waals surface area contributed by atoms with Crippen molar-refractivity contribution in [1.29, 1.82) is 0 Å². The Morgan fingerprint density at radius 1 is 1.09 bits per heavy atom. The smallest absolute Gasteiger partial charge is 0.243 e. The van der Waals surface area contributed by atoms with E-state index in [1.54, 1.807) is 24.3 Å². The lowest BCUT2D eigenvalue weighted by atomic mass is 10.2. The van der Waals surface area contributed by atoms with Gasteiger partial charge in [0.25, 0.3) is 0 Å². The first-order valence-corrected chi connectivity index (χ1v) is 13.2. The monoisotopic (exact) mass is 475 g/mol. The molecule has 1 N–H and O–H groups in total. The highest BCUT2D eigenvalue weighted by atomic mass is 32.2. The average molecular weight is 476 g/mol. The number of benzene rings is 1. The quantitative estimate of drug-likeness (QED) is 0.524. The molecule has 9 nitrogen and oxygen atoms in total. The number of nitrogens with zero attached hydrogens (tertiary/aromatic N) is 4. The molecule has 2 aliphatic rings. The number of ether oxygens (including phenoxy) is 2. The van der Waals surface area contributed by atoms with Crippen LogP contribution in [0, 0.1) is 0 Å². The Hall–Kier alpha value is -2.43. The second-order valence-corrected chi connectivity index (χ2v) is 10.3. The molecular weight excluding hydrogens is 442 g/mol. The second-order valence-electron chi connectivity index (χ2n) is 8.36. The van der Waals surface area contributed by atoms with E-state index in [4.69, 9.17) is 9.47 Å². The van der Waals surface area contributed by atoms with Crippen molar-refractivity contribution in [3.63, 3.8) is 0 Å². The number of anilines is 2. The third-order valence-electron chi connectivity index (χ3n) is 5.98. The molecule has 2 aliphatic heterocycles. The van der Waals surface area contributed by atoms with E-state index in [1.165, 1.54) is 4.31 Å². The van der Waals surface area contributed by atoms with E-state index in [0.717, 1.165) is 50.5 Å². The molecule has 1 aromatic carbocycles. The Labute approximate surface area is 196 Å². The summed E-state index contributed by atoms with van der Waals surface area (Å²) in [5, 5.41) is 11.9. The molecule has 2 aromatic rings. The normalized spacial score (nSPS) is 19.5. The molecule has 10 heteroatoms. The van der Waals surface area contributed by atoms with E-state index in [1.807, 2.05) is 12.1 Å². The number of hydrogen-bond acceptors (Lipinski definition) is 8. The van der Waals surface area contributed by atoms with Crippen molar-refractivity contribution in [2.75, 3.05) is 56.2 Å². The first kappa shape index (κ1) is 23.7. The first-order valence-electron chi connectivity index (χ1n) is 11.7. The van der Waals surface area contributed by atoms with E-state index >= 15 is 0 Å². The van der Waals surface area contributed by atoms with Crippen LogP contribution in [0.2, 0.25) is 0 Å². The van der Waals surface area contributed by atoms with Crippen LogP contribution in [-0.4, -0.2) is 75.0 Å². The van der Waals surface area contributed by atoms with Crippen LogP contribution in [-0.2, 0) is 14.8 Å². The molecule has 2 fully saturated rings. The van der Waals surface area contributed by atoms with E-state index in [0.29, 0.717) is 43.4 Å². The minimum absolute atomic E-state index is 0.242. The number of sulfonamides is 1. The zero-order valence-corrected chi connectivity index (χ0v) is 20.0. The molecule has 33 heavy (non-hydrogen) atoms. The molecule has 0 amide bonds. The fourth-order valence-electron chi connectivity index (χ4n) is 3.96. The molecule has 1 unspecified atom stereocenters. The molecule has 3 heterocycles. The van der Waals surface area contributed by atoms with Crippen molar-refractivity contribution >= 4 is 21.7 Å². The maximum atomic E-state index is 13.0. The standard InChI is InChI=1S/C23H33N5O4S/c1-2-3-16-31-19-6-8-21(9-7-19)33(29,30)28-14-12-27(13-15-28)23-11-10-22(25-26-23)24-18-20-5-4-17-32-20/h6-11,20H,2-5,12-18H2,1H3,(H,24,25).